The molecule has 132 valence electrons. The topological polar surface area (TPSA) is 78.9 Å². The molecule has 0 saturated carbocycles. The van der Waals surface area contributed by atoms with Gasteiger partial charge in [0.05, 0.1) is 0 Å². The lowest BCUT2D eigenvalue weighted by Gasteiger charge is -2.10. The zero-order valence-electron chi connectivity index (χ0n) is 13.8. The van der Waals surface area contributed by atoms with Crippen LogP contribution in [0.5, 0.6) is 0 Å². The molecule has 0 saturated heterocycles. The van der Waals surface area contributed by atoms with Crippen LogP contribution in [-0.2, 0) is 4.79 Å². The summed E-state index contributed by atoms with van der Waals surface area (Å²) >= 11 is 0. The minimum atomic E-state index is -0.721. The molecule has 6 nitrogen and oxygen atoms in total. The maximum Gasteiger partial charge on any atom is 0.229 e. The number of amides is 1. The van der Waals surface area contributed by atoms with Crippen LogP contribution in [0.2, 0.25) is 0 Å². The first-order valence-electron chi connectivity index (χ1n) is 7.70. The summed E-state index contributed by atoms with van der Waals surface area (Å²) in [5.74, 6) is -1.17. The Kier molecular flexibility index (Phi) is 5.02. The molecule has 3 N–H and O–H groups in total. The van der Waals surface area contributed by atoms with E-state index in [0.717, 1.165) is 12.1 Å². The zero-order valence-corrected chi connectivity index (χ0v) is 13.8. The van der Waals surface area contributed by atoms with Gasteiger partial charge in [-0.25, -0.2) is 13.8 Å². The van der Waals surface area contributed by atoms with Gasteiger partial charge in [-0.15, -0.1) is 0 Å². The van der Waals surface area contributed by atoms with Crippen LogP contribution in [0.15, 0.2) is 54.7 Å². The van der Waals surface area contributed by atoms with Crippen molar-refractivity contribution in [3.63, 3.8) is 0 Å². The van der Waals surface area contributed by atoms with Gasteiger partial charge in [-0.1, -0.05) is 12.1 Å². The quantitative estimate of drug-likeness (QED) is 0.639. The van der Waals surface area contributed by atoms with Gasteiger partial charge in [-0.05, 0) is 36.4 Å². The second kappa shape index (κ2) is 7.56. The molecule has 1 heterocycles. The average molecular weight is 355 g/mol. The molecule has 0 aliphatic heterocycles. The summed E-state index contributed by atoms with van der Waals surface area (Å²) in [4.78, 5) is 19.4. The van der Waals surface area contributed by atoms with E-state index < -0.39 is 11.6 Å². The molecule has 1 aromatic heterocycles. The van der Waals surface area contributed by atoms with Crippen molar-refractivity contribution < 1.29 is 13.6 Å². The van der Waals surface area contributed by atoms with Crippen molar-refractivity contribution >= 4 is 34.7 Å². The van der Waals surface area contributed by atoms with Crippen molar-refractivity contribution in [3.8, 4) is 0 Å². The van der Waals surface area contributed by atoms with E-state index in [4.69, 9.17) is 0 Å². The molecule has 0 atom stereocenters. The van der Waals surface area contributed by atoms with Crippen molar-refractivity contribution in [2.45, 2.75) is 6.92 Å². The van der Waals surface area contributed by atoms with Crippen molar-refractivity contribution in [1.29, 1.82) is 0 Å². The van der Waals surface area contributed by atoms with E-state index in [1.165, 1.54) is 25.3 Å². The lowest BCUT2D eigenvalue weighted by molar-refractivity contribution is -0.114. The lowest BCUT2D eigenvalue weighted by Crippen LogP contribution is -2.06. The van der Waals surface area contributed by atoms with Gasteiger partial charge in [0.1, 0.15) is 23.1 Å². The standard InChI is InChI=1S/C18H15F2N5O/c1-11(26)22-12-4-2-5-13(10-12)23-18-21-9-8-16(25-18)24-17-14(19)6-3-7-15(17)20/h2-10H,1H3,(H,22,26)(H2,21,23,24,25). The van der Waals surface area contributed by atoms with Gasteiger partial charge >= 0.3 is 0 Å². The number of nitrogens with one attached hydrogen (secondary N) is 3. The number of halogens is 2. The zero-order chi connectivity index (χ0) is 18.5. The number of hydrogen-bond acceptors (Lipinski definition) is 5. The predicted molar refractivity (Wildman–Crippen MR) is 95.7 cm³/mol. The highest BCUT2D eigenvalue weighted by molar-refractivity contribution is 5.89. The Morgan fingerprint density at radius 1 is 0.962 bits per heavy atom. The Balaban J connectivity index is 1.79. The van der Waals surface area contributed by atoms with Crippen LogP contribution in [0, 0.1) is 11.6 Å². The summed E-state index contributed by atoms with van der Waals surface area (Å²) in [6, 6.07) is 12.1. The summed E-state index contributed by atoms with van der Waals surface area (Å²) in [7, 11) is 0. The highest BCUT2D eigenvalue weighted by atomic mass is 19.1. The first-order chi connectivity index (χ1) is 12.5. The maximum absolute atomic E-state index is 13.7. The van der Waals surface area contributed by atoms with Gasteiger partial charge < -0.3 is 16.0 Å². The number of anilines is 5. The Labute approximate surface area is 148 Å². The molecule has 1 amide bonds. The minimum Gasteiger partial charge on any atom is -0.335 e. The van der Waals surface area contributed by atoms with Crippen LogP contribution in [0.1, 0.15) is 6.92 Å². The van der Waals surface area contributed by atoms with Crippen molar-refractivity contribution in [1.82, 2.24) is 9.97 Å². The van der Waals surface area contributed by atoms with Gasteiger partial charge in [-0.3, -0.25) is 4.79 Å². The first kappa shape index (κ1) is 17.3. The second-order valence-corrected chi connectivity index (χ2v) is 5.37. The van der Waals surface area contributed by atoms with Gasteiger partial charge in [0.25, 0.3) is 0 Å². The molecule has 8 heteroatoms. The SMILES string of the molecule is CC(=O)Nc1cccc(Nc2nccc(Nc3c(F)cccc3F)n2)c1. The number of para-hydroxylation sites is 1. The van der Waals surface area contributed by atoms with E-state index in [9.17, 15) is 13.6 Å². The summed E-state index contributed by atoms with van der Waals surface area (Å²) in [5.41, 5.74) is 0.973. The van der Waals surface area contributed by atoms with Crippen LogP contribution in [0.25, 0.3) is 0 Å². The van der Waals surface area contributed by atoms with E-state index >= 15 is 0 Å². The fraction of sp³-hybridized carbons (Fsp3) is 0.0556. The van der Waals surface area contributed by atoms with Crippen LogP contribution in [0.4, 0.5) is 37.6 Å². The molecule has 0 bridgehead atoms. The minimum absolute atomic E-state index is 0.184. The number of aromatic nitrogens is 2. The van der Waals surface area contributed by atoms with Crippen LogP contribution >= 0.6 is 0 Å². The number of hydrogen-bond donors (Lipinski definition) is 3. The smallest absolute Gasteiger partial charge is 0.229 e. The summed E-state index contributed by atoms with van der Waals surface area (Å²) in [6.45, 7) is 1.42. The molecular weight excluding hydrogens is 340 g/mol. The fourth-order valence-electron chi connectivity index (χ4n) is 2.24. The molecule has 0 aliphatic carbocycles. The highest BCUT2D eigenvalue weighted by Gasteiger charge is 2.10. The van der Waals surface area contributed by atoms with Crippen LogP contribution in [-0.4, -0.2) is 15.9 Å². The number of benzene rings is 2. The van der Waals surface area contributed by atoms with Gasteiger partial charge in [-0.2, -0.15) is 4.98 Å². The first-order valence-corrected chi connectivity index (χ1v) is 7.70. The number of rotatable bonds is 5. The summed E-state index contributed by atoms with van der Waals surface area (Å²) in [6.07, 6.45) is 1.45. The molecule has 26 heavy (non-hydrogen) atoms. The van der Waals surface area contributed by atoms with E-state index in [-0.39, 0.29) is 23.4 Å². The van der Waals surface area contributed by atoms with Crippen molar-refractivity contribution in [3.05, 3.63) is 66.4 Å². The number of carbonyl (C=O) groups is 1. The van der Waals surface area contributed by atoms with Crippen molar-refractivity contribution in [2.24, 2.45) is 0 Å². The van der Waals surface area contributed by atoms with E-state index in [1.54, 1.807) is 24.3 Å². The molecule has 3 rings (SSSR count). The molecular formula is C18H15F2N5O. The third-order valence-electron chi connectivity index (χ3n) is 3.31. The Hall–Kier alpha value is -3.55. The monoisotopic (exact) mass is 355 g/mol. The number of carbonyl (C=O) groups excluding carboxylic acids is 1. The summed E-state index contributed by atoms with van der Waals surface area (Å²) in [5, 5.41) is 8.25. The Morgan fingerprint density at radius 2 is 1.65 bits per heavy atom. The van der Waals surface area contributed by atoms with Gasteiger partial charge in [0, 0.05) is 24.5 Å². The summed E-state index contributed by atoms with van der Waals surface area (Å²) < 4.78 is 27.5. The van der Waals surface area contributed by atoms with E-state index in [1.807, 2.05) is 0 Å². The van der Waals surface area contributed by atoms with Gasteiger partial charge in [0.2, 0.25) is 11.9 Å². The largest absolute Gasteiger partial charge is 0.335 e. The molecule has 3 aromatic rings. The molecule has 2 aromatic carbocycles. The van der Waals surface area contributed by atoms with E-state index in [0.29, 0.717) is 11.4 Å². The lowest BCUT2D eigenvalue weighted by atomic mass is 10.2. The Morgan fingerprint density at radius 3 is 2.38 bits per heavy atom. The molecule has 0 spiro atoms. The number of nitrogens with zero attached hydrogens (tertiary/aromatic N) is 2. The molecule has 0 unspecified atom stereocenters. The average Bonchev–Trinajstić information content (AvgIpc) is 2.58. The van der Waals surface area contributed by atoms with Crippen molar-refractivity contribution in [2.75, 3.05) is 16.0 Å². The highest BCUT2D eigenvalue weighted by Crippen LogP contribution is 2.23. The third kappa shape index (κ3) is 4.29. The van der Waals surface area contributed by atoms with Crippen LogP contribution in [0.3, 0.4) is 0 Å². The molecule has 0 radical (unpaired) electrons. The van der Waals surface area contributed by atoms with Crippen LogP contribution < -0.4 is 16.0 Å². The maximum atomic E-state index is 13.7. The Bertz CT molecular complexity index is 928. The predicted octanol–water partition coefficient (Wildman–Crippen LogP) is 4.20. The molecule has 0 fully saturated rings. The van der Waals surface area contributed by atoms with Gasteiger partial charge in [0.15, 0.2) is 0 Å². The van der Waals surface area contributed by atoms with E-state index in [2.05, 4.69) is 25.9 Å². The molecule has 0 aliphatic rings. The fourth-order valence-corrected chi connectivity index (χ4v) is 2.24. The normalized spacial score (nSPS) is 10.3. The third-order valence-corrected chi connectivity index (χ3v) is 3.31. The second-order valence-electron chi connectivity index (χ2n) is 5.37.